The van der Waals surface area contributed by atoms with Crippen molar-refractivity contribution >= 4 is 27.5 Å². The van der Waals surface area contributed by atoms with Crippen LogP contribution in [-0.2, 0) is 0 Å². The number of nitrogens with zero attached hydrogens (tertiary/aromatic N) is 4. The molecule has 2 aromatic carbocycles. The van der Waals surface area contributed by atoms with Gasteiger partial charge < -0.3 is 10.1 Å². The number of hydrogen-bond acceptors (Lipinski definition) is 4. The second kappa shape index (κ2) is 8.05. The molecular weight excluding hydrogens is 529 g/mol. The lowest BCUT2D eigenvalue weighted by atomic mass is 10.1. The minimum atomic E-state index is -10.0. The number of methoxy groups -OCH3 is 1. The summed E-state index contributed by atoms with van der Waals surface area (Å²) in [6.07, 6.45) is 6.86. The molecule has 0 atom stereocenters. The molecule has 0 fully saturated rings. The van der Waals surface area contributed by atoms with Gasteiger partial charge in [-0.15, -0.1) is 0 Å². The average Bonchev–Trinajstić information content (AvgIpc) is 3.45. The van der Waals surface area contributed by atoms with E-state index < -0.39 is 32.3 Å². The molecule has 0 aliphatic carbocycles. The van der Waals surface area contributed by atoms with Crippen molar-refractivity contribution in [1.29, 1.82) is 0 Å². The van der Waals surface area contributed by atoms with Crippen LogP contribution in [0.25, 0.3) is 22.6 Å². The quantitative estimate of drug-likeness (QED) is 0.224. The Morgan fingerprint density at radius 3 is 2.47 bits per heavy atom. The summed E-state index contributed by atoms with van der Waals surface area (Å²) in [5.74, 6) is -1.53. The van der Waals surface area contributed by atoms with E-state index in [1.54, 1.807) is 53.6 Å². The first kappa shape index (κ1) is 25.3. The van der Waals surface area contributed by atoms with Gasteiger partial charge in [-0.2, -0.15) is 5.10 Å². The summed E-state index contributed by atoms with van der Waals surface area (Å²) in [7, 11) is -9.03. The Balaban J connectivity index is 1.49. The minimum absolute atomic E-state index is 0.121. The van der Waals surface area contributed by atoms with Gasteiger partial charge in [-0.05, 0) is 48.9 Å². The third kappa shape index (κ3) is 4.92. The zero-order valence-corrected chi connectivity index (χ0v) is 20.7. The molecule has 0 radical (unpaired) electrons. The fourth-order valence-electron chi connectivity index (χ4n) is 3.93. The van der Waals surface area contributed by atoms with Gasteiger partial charge in [0.1, 0.15) is 16.3 Å². The number of rotatable bonds is 6. The minimum Gasteiger partial charge on any atom is -0.497 e. The number of imidazole rings is 1. The lowest BCUT2D eigenvalue weighted by Gasteiger charge is -2.40. The molecular formula is C25H20F5N5O2S. The van der Waals surface area contributed by atoms with Gasteiger partial charge in [0.2, 0.25) is 0 Å². The number of anilines is 1. The predicted octanol–water partition coefficient (Wildman–Crippen LogP) is 7.41. The molecule has 5 rings (SSSR count). The Morgan fingerprint density at radius 1 is 1.00 bits per heavy atom. The van der Waals surface area contributed by atoms with E-state index in [0.717, 1.165) is 24.3 Å². The number of fused-ring (bicyclic) bond motifs is 1. The second-order valence-electron chi connectivity index (χ2n) is 8.56. The molecule has 0 aliphatic rings. The van der Waals surface area contributed by atoms with Crippen LogP contribution in [0.5, 0.6) is 5.75 Å². The molecule has 1 N–H and O–H groups in total. The molecule has 5 aromatic rings. The summed E-state index contributed by atoms with van der Waals surface area (Å²) in [6.45, 7) is 1.85. The zero-order valence-electron chi connectivity index (χ0n) is 19.9. The van der Waals surface area contributed by atoms with Crippen molar-refractivity contribution in [3.8, 4) is 22.7 Å². The van der Waals surface area contributed by atoms with E-state index in [9.17, 15) is 24.2 Å². The number of pyridine rings is 1. The van der Waals surface area contributed by atoms with Gasteiger partial charge in [0.05, 0.1) is 18.5 Å². The predicted molar refractivity (Wildman–Crippen MR) is 135 cm³/mol. The molecule has 0 bridgehead atoms. The van der Waals surface area contributed by atoms with Crippen LogP contribution in [0.2, 0.25) is 0 Å². The number of carbonyl (C=O) groups is 1. The molecule has 3 aromatic heterocycles. The van der Waals surface area contributed by atoms with Crippen molar-refractivity contribution in [2.24, 2.45) is 0 Å². The first-order chi connectivity index (χ1) is 17.7. The van der Waals surface area contributed by atoms with Crippen molar-refractivity contribution in [2.75, 3.05) is 12.4 Å². The smallest absolute Gasteiger partial charge is 0.310 e. The summed E-state index contributed by atoms with van der Waals surface area (Å²) in [5.41, 5.74) is 3.33. The van der Waals surface area contributed by atoms with Crippen LogP contribution >= 0.6 is 10.2 Å². The van der Waals surface area contributed by atoms with Crippen LogP contribution in [0.3, 0.4) is 0 Å². The largest absolute Gasteiger partial charge is 0.497 e. The molecule has 0 unspecified atom stereocenters. The highest BCUT2D eigenvalue weighted by Crippen LogP contribution is 3.02. The molecule has 13 heteroatoms. The lowest BCUT2D eigenvalue weighted by molar-refractivity contribution is 0.102. The van der Waals surface area contributed by atoms with Crippen molar-refractivity contribution < 1.29 is 29.0 Å². The monoisotopic (exact) mass is 549 g/mol. The molecule has 0 saturated heterocycles. The van der Waals surface area contributed by atoms with Gasteiger partial charge in [-0.1, -0.05) is 25.5 Å². The van der Waals surface area contributed by atoms with Crippen LogP contribution in [-0.4, -0.2) is 32.2 Å². The number of benzene rings is 2. The maximum atomic E-state index is 13.4. The Hall–Kier alpha value is -4.39. The molecule has 0 aliphatic heterocycles. The van der Waals surface area contributed by atoms with E-state index in [-0.39, 0.29) is 17.8 Å². The molecule has 38 heavy (non-hydrogen) atoms. The molecule has 7 nitrogen and oxygen atoms in total. The highest BCUT2D eigenvalue weighted by atomic mass is 32.5. The normalized spacial score (nSPS) is 13.7. The lowest BCUT2D eigenvalue weighted by Crippen LogP contribution is -2.14. The summed E-state index contributed by atoms with van der Waals surface area (Å²) >= 11 is 0. The van der Waals surface area contributed by atoms with Gasteiger partial charge in [-0.25, -0.2) is 4.52 Å². The topological polar surface area (TPSA) is 73.5 Å². The van der Waals surface area contributed by atoms with E-state index in [1.165, 1.54) is 0 Å². The van der Waals surface area contributed by atoms with E-state index in [1.807, 2.05) is 23.6 Å². The Kier molecular flexibility index (Phi) is 5.35. The molecule has 198 valence electrons. The van der Waals surface area contributed by atoms with E-state index in [4.69, 9.17) is 4.74 Å². The van der Waals surface area contributed by atoms with Crippen LogP contribution in [0.4, 0.5) is 25.1 Å². The SMILES string of the molecule is COc1cc(C(=O)Nc2ccc(C)c(-n3ccn4nc(-c5cccnc5)cc34)c2)cc(S(F)(F)(F)(F)F)c1. The van der Waals surface area contributed by atoms with Crippen molar-refractivity contribution in [2.45, 2.75) is 11.8 Å². The molecule has 0 spiro atoms. The first-order valence-corrected chi connectivity index (χ1v) is 13.0. The van der Waals surface area contributed by atoms with Crippen molar-refractivity contribution in [1.82, 2.24) is 19.2 Å². The van der Waals surface area contributed by atoms with Gasteiger partial charge >= 0.3 is 10.2 Å². The number of aromatic nitrogens is 4. The van der Waals surface area contributed by atoms with E-state index in [0.29, 0.717) is 17.0 Å². The van der Waals surface area contributed by atoms with Gasteiger partial charge in [0, 0.05) is 53.7 Å². The molecule has 0 saturated carbocycles. The first-order valence-electron chi connectivity index (χ1n) is 11.0. The molecule has 1 amide bonds. The number of ether oxygens (including phenoxy) is 1. The fraction of sp³-hybridized carbons (Fsp3) is 0.0800. The number of halogens is 5. The summed E-state index contributed by atoms with van der Waals surface area (Å²) in [6, 6.07) is 11.7. The summed E-state index contributed by atoms with van der Waals surface area (Å²) < 4.78 is 75.4. The number of nitrogens with one attached hydrogen (secondary N) is 1. The van der Waals surface area contributed by atoms with E-state index in [2.05, 4.69) is 15.4 Å². The molecule has 3 heterocycles. The zero-order chi connectivity index (χ0) is 27.4. The Bertz CT molecular complexity index is 1700. The Labute approximate surface area is 213 Å². The number of amides is 1. The van der Waals surface area contributed by atoms with Gasteiger partial charge in [-0.3, -0.25) is 14.3 Å². The highest BCUT2D eigenvalue weighted by molar-refractivity contribution is 8.45. The van der Waals surface area contributed by atoms with Gasteiger partial charge in [0.25, 0.3) is 5.91 Å². The summed E-state index contributed by atoms with van der Waals surface area (Å²) in [4.78, 5) is 14.7. The fourth-order valence-corrected chi connectivity index (χ4v) is 4.62. The Morgan fingerprint density at radius 2 is 1.79 bits per heavy atom. The van der Waals surface area contributed by atoms with Crippen LogP contribution < -0.4 is 10.1 Å². The maximum Gasteiger partial charge on any atom is 0.310 e. The number of carbonyl (C=O) groups excluding carboxylic acids is 1. The average molecular weight is 550 g/mol. The maximum absolute atomic E-state index is 13.4. The van der Waals surface area contributed by atoms with Crippen LogP contribution in [0.15, 0.2) is 84.3 Å². The number of aryl methyl sites for hydroxylation is 1. The van der Waals surface area contributed by atoms with Gasteiger partial charge in [0.15, 0.2) is 0 Å². The number of hydrogen-bond donors (Lipinski definition) is 1. The van der Waals surface area contributed by atoms with E-state index >= 15 is 0 Å². The van der Waals surface area contributed by atoms with Crippen molar-refractivity contribution in [3.63, 3.8) is 0 Å². The van der Waals surface area contributed by atoms with Crippen LogP contribution in [0, 0.1) is 6.92 Å². The third-order valence-corrected chi connectivity index (χ3v) is 6.95. The highest BCUT2D eigenvalue weighted by Gasteiger charge is 2.65. The third-order valence-electron chi connectivity index (χ3n) is 5.83. The summed E-state index contributed by atoms with van der Waals surface area (Å²) in [5, 5.41) is 7.03. The second-order valence-corrected chi connectivity index (χ2v) is 11.0. The van der Waals surface area contributed by atoms with Crippen LogP contribution in [0.1, 0.15) is 15.9 Å². The van der Waals surface area contributed by atoms with Crippen molar-refractivity contribution in [3.05, 3.63) is 90.5 Å². The standard InChI is InChI=1S/C25H20F5N5O2S/c1-16-5-6-19(32-25(36)18-10-20(37-2)13-21(11-18)38(26,27,28,29)30)12-23(16)34-8-9-35-24(34)14-22(33-35)17-4-3-7-31-15-17/h3-15H,1-2H3,(H,32,36).